The highest BCUT2D eigenvalue weighted by molar-refractivity contribution is 7.46. The summed E-state index contributed by atoms with van der Waals surface area (Å²) in [5.41, 5.74) is 0. The SMILES string of the molecule is C=CC(=O)OCCCCCC(=O)OCCCCCC(=O)OP(=O)(O)O. The third kappa shape index (κ3) is 16.9. The molecule has 0 aliphatic carbocycles. The molecule has 0 unspecified atom stereocenters. The van der Waals surface area contributed by atoms with Crippen LogP contribution in [0.15, 0.2) is 12.7 Å². The second-order valence-electron chi connectivity index (χ2n) is 5.17. The number of hydrogen-bond acceptors (Lipinski definition) is 7. The van der Waals surface area contributed by atoms with Gasteiger partial charge in [0.05, 0.1) is 13.2 Å². The van der Waals surface area contributed by atoms with Gasteiger partial charge in [0, 0.05) is 18.9 Å². The van der Waals surface area contributed by atoms with E-state index in [1.807, 2.05) is 0 Å². The first-order valence-corrected chi connectivity index (χ1v) is 9.50. The smallest absolute Gasteiger partial charge is 0.466 e. The Labute approximate surface area is 146 Å². The summed E-state index contributed by atoms with van der Waals surface area (Å²) in [6.45, 7) is 3.80. The van der Waals surface area contributed by atoms with Crippen molar-refractivity contribution in [3.63, 3.8) is 0 Å². The molecule has 144 valence electrons. The Hall–Kier alpha value is -1.70. The monoisotopic (exact) mass is 380 g/mol. The lowest BCUT2D eigenvalue weighted by atomic mass is 10.2. The van der Waals surface area contributed by atoms with Crippen LogP contribution in [-0.4, -0.2) is 40.9 Å². The molecule has 0 aromatic heterocycles. The van der Waals surface area contributed by atoms with E-state index in [2.05, 4.69) is 11.1 Å². The number of phosphoric ester groups is 1. The van der Waals surface area contributed by atoms with Crippen LogP contribution in [0.25, 0.3) is 0 Å². The van der Waals surface area contributed by atoms with Crippen molar-refractivity contribution in [2.75, 3.05) is 13.2 Å². The third-order valence-electron chi connectivity index (χ3n) is 2.95. The summed E-state index contributed by atoms with van der Waals surface area (Å²) in [6.07, 6.45) is 4.82. The van der Waals surface area contributed by atoms with Crippen LogP contribution < -0.4 is 0 Å². The van der Waals surface area contributed by atoms with Crippen LogP contribution >= 0.6 is 7.82 Å². The molecule has 2 N–H and O–H groups in total. The van der Waals surface area contributed by atoms with Crippen molar-refractivity contribution < 1.29 is 42.7 Å². The summed E-state index contributed by atoms with van der Waals surface area (Å²) in [5.74, 6) is -1.73. The number of esters is 2. The van der Waals surface area contributed by atoms with Crippen molar-refractivity contribution in [1.29, 1.82) is 0 Å². The quantitative estimate of drug-likeness (QED) is 0.201. The zero-order valence-electron chi connectivity index (χ0n) is 14.1. The largest absolute Gasteiger partial charge is 0.526 e. The Kier molecular flexibility index (Phi) is 12.7. The van der Waals surface area contributed by atoms with Crippen LogP contribution in [0.5, 0.6) is 0 Å². The van der Waals surface area contributed by atoms with Gasteiger partial charge < -0.3 is 14.0 Å². The molecule has 0 aromatic rings. The lowest BCUT2D eigenvalue weighted by Gasteiger charge is -2.06. The maximum Gasteiger partial charge on any atom is 0.526 e. The van der Waals surface area contributed by atoms with E-state index in [9.17, 15) is 18.9 Å². The average Bonchev–Trinajstić information content (AvgIpc) is 2.51. The van der Waals surface area contributed by atoms with Gasteiger partial charge in [0.2, 0.25) is 0 Å². The molecule has 0 amide bonds. The molecule has 0 heterocycles. The van der Waals surface area contributed by atoms with E-state index in [1.54, 1.807) is 0 Å². The van der Waals surface area contributed by atoms with Gasteiger partial charge in [0.15, 0.2) is 0 Å². The Morgan fingerprint density at radius 2 is 1.36 bits per heavy atom. The van der Waals surface area contributed by atoms with Gasteiger partial charge in [-0.1, -0.05) is 6.58 Å². The van der Waals surface area contributed by atoms with Gasteiger partial charge in [-0.05, 0) is 38.5 Å². The lowest BCUT2D eigenvalue weighted by molar-refractivity contribution is -0.144. The topological polar surface area (TPSA) is 136 Å². The Morgan fingerprint density at radius 1 is 0.840 bits per heavy atom. The highest BCUT2D eigenvalue weighted by Gasteiger charge is 2.19. The number of ether oxygens (including phenoxy) is 2. The summed E-state index contributed by atoms with van der Waals surface area (Å²) in [4.78, 5) is 50.1. The second kappa shape index (κ2) is 13.6. The molecule has 0 spiro atoms. The number of unbranched alkanes of at least 4 members (excludes halogenated alkanes) is 4. The fraction of sp³-hybridized carbons (Fsp3) is 0.667. The van der Waals surface area contributed by atoms with E-state index in [0.717, 1.165) is 12.5 Å². The van der Waals surface area contributed by atoms with Gasteiger partial charge in [-0.15, -0.1) is 0 Å². The first kappa shape index (κ1) is 23.3. The van der Waals surface area contributed by atoms with Crippen molar-refractivity contribution in [3.8, 4) is 0 Å². The summed E-state index contributed by atoms with van der Waals surface area (Å²) >= 11 is 0. The molecule has 25 heavy (non-hydrogen) atoms. The van der Waals surface area contributed by atoms with E-state index in [1.165, 1.54) is 0 Å². The van der Waals surface area contributed by atoms with Crippen molar-refractivity contribution in [2.24, 2.45) is 0 Å². The van der Waals surface area contributed by atoms with Crippen LogP contribution in [0, 0.1) is 0 Å². The van der Waals surface area contributed by atoms with E-state index in [4.69, 9.17) is 19.3 Å². The van der Waals surface area contributed by atoms with Crippen molar-refractivity contribution in [1.82, 2.24) is 0 Å². The molecular weight excluding hydrogens is 355 g/mol. The number of phosphoric acid groups is 1. The molecule has 0 aromatic carbocycles. The Bertz CT molecular complexity index is 483. The zero-order valence-corrected chi connectivity index (χ0v) is 14.9. The van der Waals surface area contributed by atoms with Crippen LogP contribution in [-0.2, 0) is 32.9 Å². The Morgan fingerprint density at radius 3 is 1.88 bits per heavy atom. The predicted octanol–water partition coefficient (Wildman–Crippen LogP) is 2.02. The maximum atomic E-state index is 11.4. The summed E-state index contributed by atoms with van der Waals surface area (Å²) in [6, 6.07) is 0. The summed E-state index contributed by atoms with van der Waals surface area (Å²) < 4.78 is 24.1. The first-order chi connectivity index (χ1) is 11.7. The van der Waals surface area contributed by atoms with E-state index < -0.39 is 19.8 Å². The van der Waals surface area contributed by atoms with E-state index in [0.29, 0.717) is 38.7 Å². The predicted molar refractivity (Wildman–Crippen MR) is 87.2 cm³/mol. The molecule has 0 saturated heterocycles. The van der Waals surface area contributed by atoms with Crippen LogP contribution in [0.4, 0.5) is 0 Å². The molecule has 0 aliphatic heterocycles. The minimum atomic E-state index is -4.77. The number of rotatable bonds is 14. The lowest BCUT2D eigenvalue weighted by Crippen LogP contribution is -2.07. The standard InChI is InChI=1S/C15H25O9P/c1-2-13(16)22-11-7-3-5-9-14(17)23-12-8-4-6-10-15(18)24-25(19,20)21/h2H,1,3-12H2,(H2,19,20,21). The maximum absolute atomic E-state index is 11.4. The molecule has 0 radical (unpaired) electrons. The van der Waals surface area contributed by atoms with Crippen molar-refractivity contribution >= 4 is 25.7 Å². The molecule has 9 nitrogen and oxygen atoms in total. The van der Waals surface area contributed by atoms with Gasteiger partial charge in [0.25, 0.3) is 0 Å². The van der Waals surface area contributed by atoms with Crippen LogP contribution in [0.2, 0.25) is 0 Å². The van der Waals surface area contributed by atoms with Crippen LogP contribution in [0.1, 0.15) is 51.4 Å². The average molecular weight is 380 g/mol. The van der Waals surface area contributed by atoms with Gasteiger partial charge in [-0.3, -0.25) is 19.4 Å². The van der Waals surface area contributed by atoms with E-state index >= 15 is 0 Å². The van der Waals surface area contributed by atoms with E-state index in [-0.39, 0.29) is 25.4 Å². The minimum Gasteiger partial charge on any atom is -0.466 e. The molecule has 0 aliphatic rings. The molecule has 0 atom stereocenters. The normalized spacial score (nSPS) is 10.8. The number of carbonyl (C=O) groups excluding carboxylic acids is 3. The first-order valence-electron chi connectivity index (χ1n) is 7.97. The third-order valence-corrected chi connectivity index (χ3v) is 3.39. The molecular formula is C15H25O9P. The van der Waals surface area contributed by atoms with Gasteiger partial charge in [-0.25, -0.2) is 9.36 Å². The molecule has 0 bridgehead atoms. The minimum absolute atomic E-state index is 0.102. The second-order valence-corrected chi connectivity index (χ2v) is 6.33. The fourth-order valence-electron chi connectivity index (χ4n) is 1.76. The van der Waals surface area contributed by atoms with Crippen LogP contribution in [0.3, 0.4) is 0 Å². The highest BCUT2D eigenvalue weighted by atomic mass is 31.2. The fourth-order valence-corrected chi connectivity index (χ4v) is 2.12. The van der Waals surface area contributed by atoms with Crippen molar-refractivity contribution in [2.45, 2.75) is 51.4 Å². The zero-order chi connectivity index (χ0) is 19.1. The summed E-state index contributed by atoms with van der Waals surface area (Å²) in [7, 11) is -4.77. The molecule has 10 heteroatoms. The van der Waals surface area contributed by atoms with Crippen molar-refractivity contribution in [3.05, 3.63) is 12.7 Å². The molecule has 0 fully saturated rings. The van der Waals surface area contributed by atoms with Gasteiger partial charge in [-0.2, -0.15) is 0 Å². The molecule has 0 rings (SSSR count). The number of carbonyl (C=O) groups is 3. The number of hydrogen-bond donors (Lipinski definition) is 2. The highest BCUT2D eigenvalue weighted by Crippen LogP contribution is 2.36. The summed E-state index contributed by atoms with van der Waals surface area (Å²) in [5, 5.41) is 0. The van der Waals surface area contributed by atoms with Gasteiger partial charge in [0.1, 0.15) is 0 Å². The molecule has 0 saturated carbocycles. The Balaban J connectivity index is 3.44. The van der Waals surface area contributed by atoms with Gasteiger partial charge >= 0.3 is 25.7 Å².